The number of carbonyl (C=O) groups excluding carboxylic acids is 2. The minimum atomic E-state index is -0.798. The number of hydrogen-bond acceptors (Lipinski definition) is 6. The summed E-state index contributed by atoms with van der Waals surface area (Å²) in [7, 11) is 0. The Labute approximate surface area is 257 Å². The zero-order chi connectivity index (χ0) is 30.9. The van der Waals surface area contributed by atoms with Crippen LogP contribution in [0.2, 0.25) is 0 Å². The van der Waals surface area contributed by atoms with E-state index in [-0.39, 0.29) is 31.3 Å². The average Bonchev–Trinajstić information content (AvgIpc) is 2.99. The van der Waals surface area contributed by atoms with Gasteiger partial charge in [-0.3, -0.25) is 9.59 Å². The molecule has 2 N–H and O–H groups in total. The number of carbonyl (C=O) groups is 2. The van der Waals surface area contributed by atoms with Crippen LogP contribution in [0.5, 0.6) is 0 Å². The number of rotatable bonds is 29. The summed E-state index contributed by atoms with van der Waals surface area (Å²) in [6, 6.07) is 0. The molecule has 0 rings (SSSR count). The van der Waals surface area contributed by atoms with Crippen LogP contribution in [0.15, 0.2) is 48.6 Å². The molecule has 42 heavy (non-hydrogen) atoms. The van der Waals surface area contributed by atoms with Crippen LogP contribution in [-0.4, -0.2) is 47.6 Å². The minimum absolute atomic E-state index is 0.104. The Kier molecular flexibility index (Phi) is 30.1. The highest BCUT2D eigenvalue weighted by molar-refractivity contribution is 5.70. The van der Waals surface area contributed by atoms with E-state index in [4.69, 9.17) is 9.47 Å². The SMILES string of the molecule is CCCCCCCCCCCCC(=O)O[C@@H](CO)COC(=O)CCC/C=C\C/C=C\C/C=C\C/C=C\CC[C@@H](O)CC. The van der Waals surface area contributed by atoms with Crippen molar-refractivity contribution in [3.05, 3.63) is 48.6 Å². The Balaban J connectivity index is 3.73. The van der Waals surface area contributed by atoms with Crippen LogP contribution in [-0.2, 0) is 19.1 Å². The van der Waals surface area contributed by atoms with Crippen molar-refractivity contribution in [1.82, 2.24) is 0 Å². The number of allylic oxidation sites excluding steroid dienone is 8. The molecule has 0 radical (unpaired) electrons. The Bertz CT molecular complexity index is 739. The number of unbranched alkanes of at least 4 members (excludes halogenated alkanes) is 10. The van der Waals surface area contributed by atoms with Crippen LogP contribution in [0.3, 0.4) is 0 Å². The first kappa shape index (κ1) is 39.8. The summed E-state index contributed by atoms with van der Waals surface area (Å²) in [5.74, 6) is -0.680. The van der Waals surface area contributed by atoms with Crippen LogP contribution in [0.1, 0.15) is 142 Å². The summed E-state index contributed by atoms with van der Waals surface area (Å²) in [6.07, 6.45) is 35.4. The molecule has 2 atom stereocenters. The fourth-order valence-electron chi connectivity index (χ4n) is 4.29. The van der Waals surface area contributed by atoms with Gasteiger partial charge in [0, 0.05) is 12.8 Å². The smallest absolute Gasteiger partial charge is 0.306 e. The van der Waals surface area contributed by atoms with Gasteiger partial charge < -0.3 is 19.7 Å². The van der Waals surface area contributed by atoms with Crippen molar-refractivity contribution in [3.63, 3.8) is 0 Å². The number of esters is 2. The molecular weight excluding hydrogens is 528 g/mol. The first-order valence-electron chi connectivity index (χ1n) is 16.8. The zero-order valence-corrected chi connectivity index (χ0v) is 26.9. The molecule has 0 aromatic heterocycles. The predicted molar refractivity (Wildman–Crippen MR) is 174 cm³/mol. The summed E-state index contributed by atoms with van der Waals surface area (Å²) >= 11 is 0. The minimum Gasteiger partial charge on any atom is -0.462 e. The van der Waals surface area contributed by atoms with Gasteiger partial charge in [0.05, 0.1) is 12.7 Å². The third kappa shape index (κ3) is 29.3. The van der Waals surface area contributed by atoms with E-state index >= 15 is 0 Å². The van der Waals surface area contributed by atoms with Gasteiger partial charge in [-0.25, -0.2) is 0 Å². The number of aliphatic hydroxyl groups excluding tert-OH is 2. The van der Waals surface area contributed by atoms with Gasteiger partial charge in [-0.2, -0.15) is 0 Å². The molecule has 0 saturated carbocycles. The fraction of sp³-hybridized carbons (Fsp3) is 0.722. The van der Waals surface area contributed by atoms with Crippen LogP contribution in [0.25, 0.3) is 0 Å². The normalized spacial score (nSPS) is 13.5. The van der Waals surface area contributed by atoms with Gasteiger partial charge in [-0.1, -0.05) is 120 Å². The van der Waals surface area contributed by atoms with E-state index in [0.29, 0.717) is 19.3 Å². The van der Waals surface area contributed by atoms with Gasteiger partial charge in [0.25, 0.3) is 0 Å². The van der Waals surface area contributed by atoms with E-state index < -0.39 is 6.10 Å². The van der Waals surface area contributed by atoms with Gasteiger partial charge in [-0.05, 0) is 57.8 Å². The van der Waals surface area contributed by atoms with Crippen molar-refractivity contribution in [2.45, 2.75) is 154 Å². The van der Waals surface area contributed by atoms with Crippen molar-refractivity contribution in [1.29, 1.82) is 0 Å². The highest BCUT2D eigenvalue weighted by Gasteiger charge is 2.16. The molecule has 0 aromatic rings. The molecule has 0 aliphatic rings. The molecule has 0 heterocycles. The Hall–Kier alpha value is -2.18. The number of ether oxygens (including phenoxy) is 2. The lowest BCUT2D eigenvalue weighted by Crippen LogP contribution is -2.28. The lowest BCUT2D eigenvalue weighted by atomic mass is 10.1. The van der Waals surface area contributed by atoms with Crippen LogP contribution < -0.4 is 0 Å². The maximum absolute atomic E-state index is 12.0. The van der Waals surface area contributed by atoms with Crippen molar-refractivity contribution in [2.24, 2.45) is 0 Å². The summed E-state index contributed by atoms with van der Waals surface area (Å²) in [5.41, 5.74) is 0. The largest absolute Gasteiger partial charge is 0.462 e. The summed E-state index contributed by atoms with van der Waals surface area (Å²) in [5, 5.41) is 19.0. The van der Waals surface area contributed by atoms with Crippen molar-refractivity contribution < 1.29 is 29.3 Å². The second-order valence-corrected chi connectivity index (χ2v) is 11.0. The van der Waals surface area contributed by atoms with E-state index in [9.17, 15) is 19.8 Å². The molecule has 0 bridgehead atoms. The topological polar surface area (TPSA) is 93.1 Å². The Morgan fingerprint density at radius 2 is 1.14 bits per heavy atom. The van der Waals surface area contributed by atoms with Crippen molar-refractivity contribution >= 4 is 11.9 Å². The molecule has 6 nitrogen and oxygen atoms in total. The number of hydrogen-bond donors (Lipinski definition) is 2. The maximum Gasteiger partial charge on any atom is 0.306 e. The second kappa shape index (κ2) is 31.7. The maximum atomic E-state index is 12.0. The molecule has 0 fully saturated rings. The number of aliphatic hydroxyl groups is 2. The molecule has 0 aromatic carbocycles. The van der Waals surface area contributed by atoms with Gasteiger partial charge in [0.15, 0.2) is 6.10 Å². The van der Waals surface area contributed by atoms with Crippen LogP contribution in [0.4, 0.5) is 0 Å². The molecule has 242 valence electrons. The second-order valence-electron chi connectivity index (χ2n) is 11.0. The van der Waals surface area contributed by atoms with E-state index in [0.717, 1.165) is 64.2 Å². The predicted octanol–water partition coefficient (Wildman–Crippen LogP) is 8.86. The molecule has 6 heteroatoms. The standard InChI is InChI=1S/C36H62O6/c1-3-5-6-7-8-9-17-21-24-27-30-36(40)42-34(31-37)32-41-35(39)29-26-23-20-18-15-13-11-10-12-14-16-19-22-25-28-33(38)4-2/h11-14,18-20,22,33-34,37-38H,3-10,15-17,21,23-32H2,1-2H3/b13-11-,14-12-,20-18-,22-19-/t33-,34-/m0/s1. The molecule has 0 unspecified atom stereocenters. The van der Waals surface area contributed by atoms with Gasteiger partial charge in [-0.15, -0.1) is 0 Å². The van der Waals surface area contributed by atoms with Crippen LogP contribution in [0, 0.1) is 0 Å². The fourth-order valence-corrected chi connectivity index (χ4v) is 4.29. The van der Waals surface area contributed by atoms with E-state index in [1.807, 2.05) is 6.92 Å². The van der Waals surface area contributed by atoms with Crippen molar-refractivity contribution in [2.75, 3.05) is 13.2 Å². The highest BCUT2D eigenvalue weighted by Crippen LogP contribution is 2.12. The first-order valence-corrected chi connectivity index (χ1v) is 16.8. The average molecular weight is 591 g/mol. The van der Waals surface area contributed by atoms with Gasteiger partial charge in [0.2, 0.25) is 0 Å². The third-order valence-electron chi connectivity index (χ3n) is 7.04. The molecule has 0 amide bonds. The monoisotopic (exact) mass is 590 g/mol. The summed E-state index contributed by atoms with van der Waals surface area (Å²) in [4.78, 5) is 24.0. The molecule has 0 saturated heterocycles. The van der Waals surface area contributed by atoms with E-state index in [1.165, 1.54) is 44.9 Å². The lowest BCUT2D eigenvalue weighted by molar-refractivity contribution is -0.161. The van der Waals surface area contributed by atoms with Gasteiger partial charge >= 0.3 is 11.9 Å². The van der Waals surface area contributed by atoms with E-state index in [2.05, 4.69) is 55.5 Å². The third-order valence-corrected chi connectivity index (χ3v) is 7.04. The Morgan fingerprint density at radius 3 is 1.69 bits per heavy atom. The summed E-state index contributed by atoms with van der Waals surface area (Å²) in [6.45, 7) is 3.77. The van der Waals surface area contributed by atoms with Crippen molar-refractivity contribution in [3.8, 4) is 0 Å². The summed E-state index contributed by atoms with van der Waals surface area (Å²) < 4.78 is 10.5. The molecular formula is C36H62O6. The lowest BCUT2D eigenvalue weighted by Gasteiger charge is -2.15. The molecule has 0 aliphatic carbocycles. The van der Waals surface area contributed by atoms with Crippen LogP contribution >= 0.6 is 0 Å². The first-order chi connectivity index (χ1) is 20.5. The quantitative estimate of drug-likeness (QED) is 0.0513. The Morgan fingerprint density at radius 1 is 0.643 bits per heavy atom. The molecule has 0 spiro atoms. The van der Waals surface area contributed by atoms with Gasteiger partial charge in [0.1, 0.15) is 6.61 Å². The van der Waals surface area contributed by atoms with E-state index in [1.54, 1.807) is 0 Å². The molecule has 0 aliphatic heterocycles. The highest BCUT2D eigenvalue weighted by atomic mass is 16.6. The zero-order valence-electron chi connectivity index (χ0n) is 26.9.